The van der Waals surface area contributed by atoms with Crippen molar-refractivity contribution in [2.24, 2.45) is 0 Å². The van der Waals surface area contributed by atoms with Crippen LogP contribution < -0.4 is 0 Å². The van der Waals surface area contributed by atoms with E-state index < -0.39 is 6.10 Å². The van der Waals surface area contributed by atoms with Crippen LogP contribution >= 0.6 is 0 Å². The van der Waals surface area contributed by atoms with Crippen molar-refractivity contribution in [2.45, 2.75) is 46.1 Å². The van der Waals surface area contributed by atoms with Gasteiger partial charge in [0, 0.05) is 6.42 Å². The van der Waals surface area contributed by atoms with Gasteiger partial charge in [0.1, 0.15) is 6.10 Å². The standard InChI is InChI=1S/C11H18O/c1-4-6-7-9-11(12)10(3)8-5-2/h8,11-12H,4-6H2,1-3H3/b10-8+. The Morgan fingerprint density at radius 2 is 2.17 bits per heavy atom. The molecular weight excluding hydrogens is 148 g/mol. The molecule has 0 heterocycles. The molecule has 0 aromatic rings. The van der Waals surface area contributed by atoms with E-state index in [4.69, 9.17) is 0 Å². The van der Waals surface area contributed by atoms with Crippen molar-refractivity contribution >= 4 is 0 Å². The maximum atomic E-state index is 9.43. The van der Waals surface area contributed by atoms with E-state index in [0.717, 1.165) is 24.8 Å². The van der Waals surface area contributed by atoms with Crippen LogP contribution in [0.3, 0.4) is 0 Å². The molecule has 0 spiro atoms. The van der Waals surface area contributed by atoms with Crippen LogP contribution in [0.2, 0.25) is 0 Å². The Balaban J connectivity index is 3.96. The molecule has 0 radical (unpaired) electrons. The highest BCUT2D eigenvalue weighted by molar-refractivity contribution is 5.19. The van der Waals surface area contributed by atoms with Gasteiger partial charge in [0.2, 0.25) is 0 Å². The van der Waals surface area contributed by atoms with Gasteiger partial charge in [0.05, 0.1) is 0 Å². The molecule has 0 aliphatic heterocycles. The fraction of sp³-hybridized carbons (Fsp3) is 0.636. The van der Waals surface area contributed by atoms with Crippen molar-refractivity contribution in [1.29, 1.82) is 0 Å². The predicted octanol–water partition coefficient (Wildman–Crippen LogP) is 2.51. The van der Waals surface area contributed by atoms with Gasteiger partial charge in [-0.1, -0.05) is 25.8 Å². The number of allylic oxidation sites excluding steroid dienone is 1. The zero-order valence-corrected chi connectivity index (χ0v) is 8.22. The molecule has 0 aromatic heterocycles. The molecule has 0 fully saturated rings. The summed E-state index contributed by atoms with van der Waals surface area (Å²) in [4.78, 5) is 0. The first-order valence-electron chi connectivity index (χ1n) is 4.55. The monoisotopic (exact) mass is 166 g/mol. The molecule has 1 heteroatoms. The molecule has 1 nitrogen and oxygen atoms in total. The summed E-state index contributed by atoms with van der Waals surface area (Å²) in [6.45, 7) is 6.04. The number of aliphatic hydroxyl groups excluding tert-OH is 1. The van der Waals surface area contributed by atoms with Crippen molar-refractivity contribution < 1.29 is 5.11 Å². The SMILES string of the molecule is CC/C=C(\C)C(O)C#CCCC. The molecule has 0 rings (SSSR count). The Morgan fingerprint density at radius 1 is 1.50 bits per heavy atom. The maximum absolute atomic E-state index is 9.43. The summed E-state index contributed by atoms with van der Waals surface area (Å²) in [7, 11) is 0. The summed E-state index contributed by atoms with van der Waals surface area (Å²) in [5, 5.41) is 9.43. The fourth-order valence-corrected chi connectivity index (χ4v) is 0.841. The molecule has 0 saturated heterocycles. The second kappa shape index (κ2) is 6.94. The average molecular weight is 166 g/mol. The van der Waals surface area contributed by atoms with Crippen LogP contribution in [0.25, 0.3) is 0 Å². The summed E-state index contributed by atoms with van der Waals surface area (Å²) in [6, 6.07) is 0. The molecular formula is C11H18O. The van der Waals surface area contributed by atoms with Crippen LogP contribution in [-0.4, -0.2) is 11.2 Å². The Bertz CT molecular complexity index is 193. The number of rotatable bonds is 3. The van der Waals surface area contributed by atoms with E-state index in [0.29, 0.717) is 0 Å². The third-order valence-corrected chi connectivity index (χ3v) is 1.57. The molecule has 1 atom stereocenters. The lowest BCUT2D eigenvalue weighted by Gasteiger charge is -2.01. The van der Waals surface area contributed by atoms with E-state index in [9.17, 15) is 5.11 Å². The van der Waals surface area contributed by atoms with Crippen LogP contribution in [0.15, 0.2) is 11.6 Å². The van der Waals surface area contributed by atoms with Gasteiger partial charge in [0.25, 0.3) is 0 Å². The third kappa shape index (κ3) is 4.98. The highest BCUT2D eigenvalue weighted by Gasteiger charge is 1.98. The summed E-state index contributed by atoms with van der Waals surface area (Å²) in [5.74, 6) is 5.74. The minimum atomic E-state index is -0.559. The Hall–Kier alpha value is -0.740. The lowest BCUT2D eigenvalue weighted by atomic mass is 10.1. The fourth-order valence-electron chi connectivity index (χ4n) is 0.841. The van der Waals surface area contributed by atoms with Gasteiger partial charge in [0.15, 0.2) is 0 Å². The van der Waals surface area contributed by atoms with Crippen LogP contribution in [0.4, 0.5) is 0 Å². The molecule has 0 amide bonds. The van der Waals surface area contributed by atoms with Crippen LogP contribution in [-0.2, 0) is 0 Å². The van der Waals surface area contributed by atoms with E-state index in [1.54, 1.807) is 0 Å². The van der Waals surface area contributed by atoms with Gasteiger partial charge in [-0.15, -0.1) is 5.92 Å². The molecule has 68 valence electrons. The molecule has 0 aromatic carbocycles. The van der Waals surface area contributed by atoms with Gasteiger partial charge in [-0.25, -0.2) is 0 Å². The summed E-state index contributed by atoms with van der Waals surface area (Å²) in [5.41, 5.74) is 0.959. The summed E-state index contributed by atoms with van der Waals surface area (Å²) in [6.07, 6.45) is 4.33. The van der Waals surface area contributed by atoms with Crippen LogP contribution in [0, 0.1) is 11.8 Å². The second-order valence-electron chi connectivity index (χ2n) is 2.83. The summed E-state index contributed by atoms with van der Waals surface area (Å²) < 4.78 is 0. The first kappa shape index (κ1) is 11.3. The highest BCUT2D eigenvalue weighted by Crippen LogP contribution is 2.01. The molecule has 0 saturated carbocycles. The number of hydrogen-bond donors (Lipinski definition) is 1. The van der Waals surface area contributed by atoms with Crippen molar-refractivity contribution in [3.63, 3.8) is 0 Å². The minimum Gasteiger partial charge on any atom is -0.376 e. The van der Waals surface area contributed by atoms with E-state index >= 15 is 0 Å². The van der Waals surface area contributed by atoms with Gasteiger partial charge in [-0.2, -0.15) is 0 Å². The van der Waals surface area contributed by atoms with Gasteiger partial charge in [-0.05, 0) is 25.3 Å². The van der Waals surface area contributed by atoms with E-state index in [2.05, 4.69) is 25.7 Å². The highest BCUT2D eigenvalue weighted by atomic mass is 16.3. The van der Waals surface area contributed by atoms with Crippen LogP contribution in [0.1, 0.15) is 40.0 Å². The van der Waals surface area contributed by atoms with E-state index in [1.165, 1.54) is 0 Å². The molecule has 1 N–H and O–H groups in total. The Morgan fingerprint density at radius 3 is 2.67 bits per heavy atom. The number of hydrogen-bond acceptors (Lipinski definition) is 1. The zero-order valence-electron chi connectivity index (χ0n) is 8.22. The second-order valence-corrected chi connectivity index (χ2v) is 2.83. The number of unbranched alkanes of at least 4 members (excludes halogenated alkanes) is 1. The molecule has 12 heavy (non-hydrogen) atoms. The van der Waals surface area contributed by atoms with Crippen molar-refractivity contribution in [3.05, 3.63) is 11.6 Å². The van der Waals surface area contributed by atoms with Crippen molar-refractivity contribution in [2.75, 3.05) is 0 Å². The topological polar surface area (TPSA) is 20.2 Å². The first-order chi connectivity index (χ1) is 5.72. The predicted molar refractivity (Wildman–Crippen MR) is 52.7 cm³/mol. The maximum Gasteiger partial charge on any atom is 0.135 e. The quantitative estimate of drug-likeness (QED) is 0.504. The Labute approximate surface area is 75.5 Å². The normalized spacial score (nSPS) is 13.5. The summed E-state index contributed by atoms with van der Waals surface area (Å²) >= 11 is 0. The smallest absolute Gasteiger partial charge is 0.135 e. The number of aliphatic hydroxyl groups is 1. The van der Waals surface area contributed by atoms with Gasteiger partial charge in [-0.3, -0.25) is 0 Å². The Kier molecular flexibility index (Phi) is 6.51. The molecule has 0 aliphatic rings. The van der Waals surface area contributed by atoms with E-state index in [1.807, 2.05) is 13.0 Å². The average Bonchev–Trinajstić information content (AvgIpc) is 2.05. The van der Waals surface area contributed by atoms with Crippen LogP contribution in [0.5, 0.6) is 0 Å². The van der Waals surface area contributed by atoms with Crippen molar-refractivity contribution in [3.8, 4) is 11.8 Å². The first-order valence-corrected chi connectivity index (χ1v) is 4.55. The van der Waals surface area contributed by atoms with Gasteiger partial charge < -0.3 is 5.11 Å². The van der Waals surface area contributed by atoms with Gasteiger partial charge >= 0.3 is 0 Å². The molecule has 1 unspecified atom stereocenters. The zero-order chi connectivity index (χ0) is 9.40. The lowest BCUT2D eigenvalue weighted by molar-refractivity contribution is 0.268. The third-order valence-electron chi connectivity index (χ3n) is 1.57. The minimum absolute atomic E-state index is 0.559. The lowest BCUT2D eigenvalue weighted by Crippen LogP contribution is -2.03. The molecule has 0 bridgehead atoms. The molecule has 0 aliphatic carbocycles. The largest absolute Gasteiger partial charge is 0.376 e. The van der Waals surface area contributed by atoms with Crippen molar-refractivity contribution in [1.82, 2.24) is 0 Å². The van der Waals surface area contributed by atoms with E-state index in [-0.39, 0.29) is 0 Å².